The SMILES string of the molecule is COC(=O)c1cnnn1-c1ncc([N+](=O)[O-])cc1Cl. The first kappa shape index (κ1) is 12.9. The summed E-state index contributed by atoms with van der Waals surface area (Å²) in [6.07, 6.45) is 2.18. The normalized spacial score (nSPS) is 10.2. The highest BCUT2D eigenvalue weighted by Crippen LogP contribution is 2.23. The lowest BCUT2D eigenvalue weighted by molar-refractivity contribution is -0.385. The number of esters is 1. The highest BCUT2D eigenvalue weighted by Gasteiger charge is 2.19. The van der Waals surface area contributed by atoms with Crippen molar-refractivity contribution in [2.45, 2.75) is 0 Å². The second kappa shape index (κ2) is 4.98. The van der Waals surface area contributed by atoms with Crippen LogP contribution in [-0.2, 0) is 4.74 Å². The molecule has 2 heterocycles. The van der Waals surface area contributed by atoms with Crippen molar-refractivity contribution < 1.29 is 14.5 Å². The number of hydrogen-bond donors (Lipinski definition) is 0. The van der Waals surface area contributed by atoms with Gasteiger partial charge in [-0.25, -0.2) is 9.78 Å². The molecule has 0 spiro atoms. The molecule has 0 amide bonds. The van der Waals surface area contributed by atoms with Gasteiger partial charge < -0.3 is 4.74 Å². The van der Waals surface area contributed by atoms with Gasteiger partial charge in [-0.15, -0.1) is 5.10 Å². The van der Waals surface area contributed by atoms with Crippen LogP contribution in [-0.4, -0.2) is 38.0 Å². The van der Waals surface area contributed by atoms with Gasteiger partial charge in [0.15, 0.2) is 11.5 Å². The van der Waals surface area contributed by atoms with Crippen LogP contribution in [0.3, 0.4) is 0 Å². The molecule has 0 saturated heterocycles. The van der Waals surface area contributed by atoms with Gasteiger partial charge in [0.25, 0.3) is 5.69 Å². The Bertz CT molecular complexity index is 656. The van der Waals surface area contributed by atoms with E-state index in [1.54, 1.807) is 0 Å². The smallest absolute Gasteiger partial charge is 0.358 e. The maximum atomic E-state index is 11.5. The molecule has 9 nitrogen and oxygen atoms in total. The van der Waals surface area contributed by atoms with E-state index in [2.05, 4.69) is 20.0 Å². The van der Waals surface area contributed by atoms with E-state index in [4.69, 9.17) is 11.6 Å². The molecule has 0 unspecified atom stereocenters. The Morgan fingerprint density at radius 1 is 1.53 bits per heavy atom. The molecule has 2 rings (SSSR count). The van der Waals surface area contributed by atoms with E-state index in [0.29, 0.717) is 0 Å². The predicted molar refractivity (Wildman–Crippen MR) is 62.2 cm³/mol. The molecular formula is C9H6ClN5O4. The van der Waals surface area contributed by atoms with Crippen LogP contribution in [0.15, 0.2) is 18.5 Å². The van der Waals surface area contributed by atoms with Crippen molar-refractivity contribution in [3.8, 4) is 5.82 Å². The Balaban J connectivity index is 2.51. The lowest BCUT2D eigenvalue weighted by atomic mass is 10.4. The summed E-state index contributed by atoms with van der Waals surface area (Å²) in [6.45, 7) is 0. The molecule has 0 radical (unpaired) electrons. The minimum Gasteiger partial charge on any atom is -0.464 e. The standard InChI is InChI=1S/C9H6ClN5O4/c1-19-9(16)7-4-12-13-14(7)8-6(10)2-5(3-11-8)15(17)18/h2-4H,1H3. The van der Waals surface area contributed by atoms with E-state index in [0.717, 1.165) is 16.9 Å². The Labute approximate surface area is 110 Å². The summed E-state index contributed by atoms with van der Waals surface area (Å²) in [6, 6.07) is 1.10. The van der Waals surface area contributed by atoms with Crippen molar-refractivity contribution in [1.82, 2.24) is 20.0 Å². The van der Waals surface area contributed by atoms with E-state index in [-0.39, 0.29) is 22.2 Å². The molecule has 0 aliphatic rings. The van der Waals surface area contributed by atoms with Crippen LogP contribution in [0.2, 0.25) is 5.02 Å². The first-order valence-electron chi connectivity index (χ1n) is 4.84. The van der Waals surface area contributed by atoms with E-state index in [1.807, 2.05) is 0 Å². The summed E-state index contributed by atoms with van der Waals surface area (Å²) >= 11 is 5.88. The fourth-order valence-corrected chi connectivity index (χ4v) is 1.55. The molecule has 0 fully saturated rings. The predicted octanol–water partition coefficient (Wildman–Crippen LogP) is 1.01. The minimum atomic E-state index is -0.679. The van der Waals surface area contributed by atoms with Crippen LogP contribution >= 0.6 is 11.6 Å². The van der Waals surface area contributed by atoms with E-state index >= 15 is 0 Å². The fourth-order valence-electron chi connectivity index (χ4n) is 1.31. The molecule has 0 atom stereocenters. The van der Waals surface area contributed by atoms with Crippen molar-refractivity contribution >= 4 is 23.3 Å². The minimum absolute atomic E-state index is 0.00533. The van der Waals surface area contributed by atoms with Crippen molar-refractivity contribution in [2.24, 2.45) is 0 Å². The lowest BCUT2D eigenvalue weighted by Crippen LogP contribution is -2.12. The fraction of sp³-hybridized carbons (Fsp3) is 0.111. The summed E-state index contributed by atoms with van der Waals surface area (Å²) in [5, 5.41) is 17.7. The second-order valence-electron chi connectivity index (χ2n) is 3.28. The molecule has 0 saturated carbocycles. The maximum Gasteiger partial charge on any atom is 0.358 e. The van der Waals surface area contributed by atoms with Gasteiger partial charge in [-0.1, -0.05) is 16.8 Å². The highest BCUT2D eigenvalue weighted by atomic mass is 35.5. The summed E-state index contributed by atoms with van der Waals surface area (Å²) < 4.78 is 5.58. The van der Waals surface area contributed by atoms with Crippen LogP contribution in [0.25, 0.3) is 5.82 Å². The van der Waals surface area contributed by atoms with Crippen molar-refractivity contribution in [3.05, 3.63) is 39.3 Å². The maximum absolute atomic E-state index is 11.5. The van der Waals surface area contributed by atoms with E-state index in [1.165, 1.54) is 13.3 Å². The Kier molecular flexibility index (Phi) is 3.38. The largest absolute Gasteiger partial charge is 0.464 e. The van der Waals surface area contributed by atoms with Crippen LogP contribution < -0.4 is 0 Å². The second-order valence-corrected chi connectivity index (χ2v) is 3.69. The summed E-state index contributed by atoms with van der Waals surface area (Å²) in [7, 11) is 1.20. The Hall–Kier alpha value is -2.55. The third-order valence-corrected chi connectivity index (χ3v) is 2.44. The van der Waals surface area contributed by atoms with Gasteiger partial charge in [0.05, 0.1) is 23.3 Å². The van der Waals surface area contributed by atoms with Gasteiger partial charge >= 0.3 is 5.97 Å². The molecular weight excluding hydrogens is 278 g/mol. The lowest BCUT2D eigenvalue weighted by Gasteiger charge is -2.05. The molecule has 0 aromatic carbocycles. The van der Waals surface area contributed by atoms with Crippen LogP contribution in [0.4, 0.5) is 5.69 Å². The number of ether oxygens (including phenoxy) is 1. The molecule has 10 heteroatoms. The van der Waals surface area contributed by atoms with E-state index < -0.39 is 10.9 Å². The molecule has 98 valence electrons. The number of aromatic nitrogens is 4. The van der Waals surface area contributed by atoms with Gasteiger partial charge in [-0.2, -0.15) is 4.68 Å². The third kappa shape index (κ3) is 2.36. The first-order valence-corrected chi connectivity index (χ1v) is 5.21. The summed E-state index contributed by atoms with van der Waals surface area (Å²) in [4.78, 5) is 25.2. The number of carbonyl (C=O) groups is 1. The topological polar surface area (TPSA) is 113 Å². The summed E-state index contributed by atoms with van der Waals surface area (Å²) in [5.41, 5.74) is -0.265. The Morgan fingerprint density at radius 3 is 2.84 bits per heavy atom. The number of carbonyl (C=O) groups excluding carboxylic acids is 1. The van der Waals surface area contributed by atoms with Gasteiger partial charge in [-0.3, -0.25) is 10.1 Å². The van der Waals surface area contributed by atoms with Gasteiger partial charge in [0, 0.05) is 6.07 Å². The Morgan fingerprint density at radius 2 is 2.26 bits per heavy atom. The molecule has 0 bridgehead atoms. The first-order chi connectivity index (χ1) is 9.04. The average Bonchev–Trinajstić information content (AvgIpc) is 2.86. The number of methoxy groups -OCH3 is 1. The number of nitro groups is 1. The molecule has 2 aromatic heterocycles. The number of pyridine rings is 1. The third-order valence-electron chi connectivity index (χ3n) is 2.16. The zero-order chi connectivity index (χ0) is 14.0. The number of halogens is 1. The molecule has 0 aliphatic carbocycles. The summed E-state index contributed by atoms with van der Waals surface area (Å²) in [5.74, 6) is -0.633. The van der Waals surface area contributed by atoms with Crippen molar-refractivity contribution in [2.75, 3.05) is 7.11 Å². The number of hydrogen-bond acceptors (Lipinski definition) is 7. The van der Waals surface area contributed by atoms with Crippen molar-refractivity contribution in [3.63, 3.8) is 0 Å². The van der Waals surface area contributed by atoms with Crippen LogP contribution in [0, 0.1) is 10.1 Å². The molecule has 0 N–H and O–H groups in total. The quantitative estimate of drug-likeness (QED) is 0.469. The number of nitrogens with zero attached hydrogens (tertiary/aromatic N) is 5. The van der Waals surface area contributed by atoms with E-state index in [9.17, 15) is 14.9 Å². The molecule has 2 aromatic rings. The van der Waals surface area contributed by atoms with Crippen molar-refractivity contribution in [1.29, 1.82) is 0 Å². The van der Waals surface area contributed by atoms with Gasteiger partial charge in [0.2, 0.25) is 0 Å². The van der Waals surface area contributed by atoms with Gasteiger partial charge in [0.1, 0.15) is 6.20 Å². The van der Waals surface area contributed by atoms with Crippen LogP contribution in [0.5, 0.6) is 0 Å². The molecule has 19 heavy (non-hydrogen) atoms. The zero-order valence-electron chi connectivity index (χ0n) is 9.48. The highest BCUT2D eigenvalue weighted by molar-refractivity contribution is 6.32. The monoisotopic (exact) mass is 283 g/mol. The molecule has 0 aliphatic heterocycles. The van der Waals surface area contributed by atoms with Gasteiger partial charge in [-0.05, 0) is 0 Å². The zero-order valence-corrected chi connectivity index (χ0v) is 10.2. The van der Waals surface area contributed by atoms with Crippen LogP contribution in [0.1, 0.15) is 10.5 Å². The number of rotatable bonds is 3. The average molecular weight is 284 g/mol.